The normalized spacial score (nSPS) is 9.00. The first-order valence-corrected chi connectivity index (χ1v) is 10.6. The van der Waals surface area contributed by atoms with Crippen LogP contribution in [0.2, 0.25) is 0 Å². The first-order chi connectivity index (χ1) is 5.20. The molecule has 2 N–H and O–H groups in total. The van der Waals surface area contributed by atoms with Crippen molar-refractivity contribution in [1.82, 2.24) is 0 Å². The maximum atomic E-state index is 8.12. The van der Waals surface area contributed by atoms with Crippen LogP contribution in [0.1, 0.15) is 0 Å². The van der Waals surface area contributed by atoms with Crippen LogP contribution in [0.3, 0.4) is 0 Å². The molecule has 0 bridgehead atoms. The molecule has 0 heterocycles. The fourth-order valence-electron chi connectivity index (χ4n) is 0. The maximum absolute atomic E-state index is 8.12. The van der Waals surface area contributed by atoms with Gasteiger partial charge in [0.15, 0.2) is 0 Å². The van der Waals surface area contributed by atoms with E-state index in [1.54, 1.807) is 26.7 Å². The molecule has 0 saturated carbocycles. The molecule has 12 heavy (non-hydrogen) atoms. The van der Waals surface area contributed by atoms with Gasteiger partial charge in [-0.05, 0) is 46.7 Å². The Hall–Kier alpha value is 1.21. The van der Waals surface area contributed by atoms with Crippen molar-refractivity contribution in [3.05, 3.63) is 0 Å². The van der Waals surface area contributed by atoms with Crippen molar-refractivity contribution in [3.8, 4) is 0 Å². The van der Waals surface area contributed by atoms with Crippen molar-refractivity contribution in [2.45, 2.75) is 0 Å². The molecule has 0 aromatic rings. The molecule has 0 amide bonds. The van der Waals surface area contributed by atoms with Crippen LogP contribution in [0.25, 0.3) is 0 Å². The summed E-state index contributed by atoms with van der Waals surface area (Å²) in [5.74, 6) is 0. The second-order valence-corrected chi connectivity index (χ2v) is 9.11. The highest BCUT2D eigenvalue weighted by atomic mass is 31.1. The highest BCUT2D eigenvalue weighted by molar-refractivity contribution is 7.55. The lowest BCUT2D eigenvalue weighted by Gasteiger charge is -1.81. The minimum atomic E-state index is -0.620. The molecule has 0 aliphatic rings. The monoisotopic (exact) mass is 232 g/mol. The van der Waals surface area contributed by atoms with Crippen molar-refractivity contribution in [1.29, 1.82) is 0 Å². The van der Waals surface area contributed by atoms with Gasteiger partial charge in [0.05, 0.1) is 0 Å². The Morgan fingerprint density at radius 2 is 0.583 bits per heavy atom. The van der Waals surface area contributed by atoms with Crippen molar-refractivity contribution >= 4 is 24.2 Å². The molecule has 0 fully saturated rings. The summed E-state index contributed by atoms with van der Waals surface area (Å²) in [6.45, 7) is 13.8. The van der Waals surface area contributed by atoms with Gasteiger partial charge in [-0.3, -0.25) is 0 Å². The second-order valence-electron chi connectivity index (χ2n) is 3.04. The zero-order valence-corrected chi connectivity index (χ0v) is 11.9. The van der Waals surface area contributed by atoms with Crippen molar-refractivity contribution < 1.29 is 9.79 Å². The van der Waals surface area contributed by atoms with Crippen LogP contribution in [-0.4, -0.2) is 56.4 Å². The summed E-state index contributed by atoms with van der Waals surface area (Å²) in [5.41, 5.74) is 0. The molecule has 0 radical (unpaired) electrons. The molecule has 2 nitrogen and oxygen atoms in total. The Morgan fingerprint density at radius 3 is 0.583 bits per heavy atom. The predicted octanol–water partition coefficient (Wildman–Crippen LogP) is 2.63. The molecule has 0 saturated heterocycles. The van der Waals surface area contributed by atoms with Gasteiger partial charge in [0.1, 0.15) is 0 Å². The molecule has 0 spiro atoms. The summed E-state index contributed by atoms with van der Waals surface area (Å²) in [7, 11) is -0.861. The number of hydrogen-bond acceptors (Lipinski definition) is 2. The lowest BCUT2D eigenvalue weighted by molar-refractivity contribution is 0.636. The van der Waals surface area contributed by atoms with Gasteiger partial charge in [0.25, 0.3) is 0 Å². The van der Waals surface area contributed by atoms with Gasteiger partial charge in [-0.25, -0.2) is 0 Å². The third kappa shape index (κ3) is 798. The molecule has 5 heteroatoms. The summed E-state index contributed by atoms with van der Waals surface area (Å²) in [6.07, 6.45) is 0. The quantitative estimate of drug-likeness (QED) is 0.630. The van der Waals surface area contributed by atoms with Crippen LogP contribution in [0.15, 0.2) is 0 Å². The highest BCUT2D eigenvalue weighted by Gasteiger charge is 1.69. The zero-order chi connectivity index (χ0) is 10.7. The van der Waals surface area contributed by atoms with E-state index in [1.165, 1.54) is 0 Å². The molecule has 0 unspecified atom stereocenters. The summed E-state index contributed by atoms with van der Waals surface area (Å²) < 4.78 is 0. The van der Waals surface area contributed by atoms with E-state index in [4.69, 9.17) is 9.79 Å². The third-order valence-electron chi connectivity index (χ3n) is 0. The Morgan fingerprint density at radius 1 is 0.583 bits per heavy atom. The minimum absolute atomic E-state index is 0.380. The maximum Gasteiger partial charge on any atom is 0.0187 e. The van der Waals surface area contributed by atoms with E-state index >= 15 is 0 Å². The van der Waals surface area contributed by atoms with Crippen LogP contribution in [-0.2, 0) is 0 Å². The lowest BCUT2D eigenvalue weighted by Crippen LogP contribution is -1.50. The SMILES string of the molecule is CP(C)C.CP(C)O.CP(C)O. The fraction of sp³-hybridized carbons (Fsp3) is 1.00. The van der Waals surface area contributed by atoms with E-state index in [-0.39, 0.29) is 0 Å². The van der Waals surface area contributed by atoms with Crippen LogP contribution in [0.4, 0.5) is 0 Å². The Balaban J connectivity index is -0.000000101. The van der Waals surface area contributed by atoms with E-state index in [0.29, 0.717) is 7.92 Å². The molecule has 0 aromatic carbocycles. The van der Waals surface area contributed by atoms with E-state index in [1.807, 2.05) is 0 Å². The van der Waals surface area contributed by atoms with Gasteiger partial charge in [0.2, 0.25) is 0 Å². The van der Waals surface area contributed by atoms with Crippen molar-refractivity contribution in [2.24, 2.45) is 0 Å². The molecule has 0 aliphatic carbocycles. The standard InChI is InChI=1S/C3H9P.2C2H7OP/c3*1-4(2)3/h1-3H3;2*3H,1-2H3. The average molecular weight is 232 g/mol. The summed E-state index contributed by atoms with van der Waals surface area (Å²) in [5, 5.41) is 0. The highest BCUT2D eigenvalue weighted by Crippen LogP contribution is 2.14. The van der Waals surface area contributed by atoms with Crippen LogP contribution in [0.5, 0.6) is 0 Å². The summed E-state index contributed by atoms with van der Waals surface area (Å²) in [6, 6.07) is 0. The van der Waals surface area contributed by atoms with Gasteiger partial charge < -0.3 is 9.79 Å². The Labute approximate surface area is 81.2 Å². The van der Waals surface area contributed by atoms with Gasteiger partial charge >= 0.3 is 0 Å². The van der Waals surface area contributed by atoms with Crippen molar-refractivity contribution in [2.75, 3.05) is 46.7 Å². The Kier molecular flexibility index (Phi) is 23.2. The van der Waals surface area contributed by atoms with Gasteiger partial charge in [-0.15, -0.1) is 7.92 Å². The van der Waals surface area contributed by atoms with Crippen LogP contribution < -0.4 is 0 Å². The molecular formula is C7H23O2P3. The van der Waals surface area contributed by atoms with E-state index < -0.39 is 16.3 Å². The van der Waals surface area contributed by atoms with Crippen LogP contribution >= 0.6 is 24.2 Å². The molecule has 0 aromatic heterocycles. The number of rotatable bonds is 0. The van der Waals surface area contributed by atoms with E-state index in [2.05, 4.69) is 20.0 Å². The van der Waals surface area contributed by atoms with Gasteiger partial charge in [-0.1, -0.05) is 0 Å². The minimum Gasteiger partial charge on any atom is -0.374 e. The Bertz CT molecular complexity index is 45.1. The molecular weight excluding hydrogens is 209 g/mol. The van der Waals surface area contributed by atoms with Crippen molar-refractivity contribution in [3.63, 3.8) is 0 Å². The number of hydrogen-bond donors (Lipinski definition) is 2. The lowest BCUT2D eigenvalue weighted by atomic mass is 11.9. The second kappa shape index (κ2) is 14.7. The van der Waals surface area contributed by atoms with Gasteiger partial charge in [0, 0.05) is 16.3 Å². The van der Waals surface area contributed by atoms with Crippen LogP contribution in [0, 0.1) is 0 Å². The fourth-order valence-corrected chi connectivity index (χ4v) is 0. The largest absolute Gasteiger partial charge is 0.374 e. The average Bonchev–Trinajstić information content (AvgIpc) is 1.54. The summed E-state index contributed by atoms with van der Waals surface area (Å²) >= 11 is 0. The summed E-state index contributed by atoms with van der Waals surface area (Å²) in [4.78, 5) is 16.2. The van der Waals surface area contributed by atoms with Gasteiger partial charge in [-0.2, -0.15) is 0 Å². The molecule has 78 valence electrons. The smallest absolute Gasteiger partial charge is 0.0187 e. The topological polar surface area (TPSA) is 40.5 Å². The molecule has 0 rings (SSSR count). The van der Waals surface area contributed by atoms with E-state index in [9.17, 15) is 0 Å². The third-order valence-corrected chi connectivity index (χ3v) is 0. The first kappa shape index (κ1) is 18.9. The zero-order valence-electron chi connectivity index (χ0n) is 9.24. The predicted molar refractivity (Wildman–Crippen MR) is 66.7 cm³/mol. The first-order valence-electron chi connectivity index (χ1n) is 3.53. The molecule has 0 atom stereocenters. The molecule has 0 aliphatic heterocycles. The van der Waals surface area contributed by atoms with E-state index in [0.717, 1.165) is 0 Å².